The van der Waals surface area contributed by atoms with Gasteiger partial charge in [-0.1, -0.05) is 28.1 Å². The zero-order chi connectivity index (χ0) is 17.2. The summed E-state index contributed by atoms with van der Waals surface area (Å²) < 4.78 is 72.0. The van der Waals surface area contributed by atoms with Gasteiger partial charge < -0.3 is 5.32 Å². The van der Waals surface area contributed by atoms with Gasteiger partial charge >= 0.3 is 0 Å². The first kappa shape index (κ1) is 3.35. The number of hydrogen-bond donors (Lipinski definition) is 1. The lowest BCUT2D eigenvalue weighted by molar-refractivity contribution is 0.461. The highest BCUT2D eigenvalue weighted by atomic mass is 79.9. The lowest BCUT2D eigenvalue weighted by atomic mass is 9.92. The predicted octanol–water partition coefficient (Wildman–Crippen LogP) is 2.92. The van der Waals surface area contributed by atoms with E-state index in [4.69, 9.17) is 12.3 Å². The fraction of sp³-hybridized carbons (Fsp3) is 0.455. The topological polar surface area (TPSA) is 12.0 Å². The summed E-state index contributed by atoms with van der Waals surface area (Å²) in [6.45, 7) is -5.82. The molecule has 2 rings (SSSR count). The molecule has 1 aromatic rings. The Kier molecular flexibility index (Phi) is 1.10. The molecule has 0 spiro atoms. The molecule has 1 N–H and O–H groups in total. The van der Waals surface area contributed by atoms with Crippen molar-refractivity contribution in [3.05, 3.63) is 34.3 Å². The van der Waals surface area contributed by atoms with Crippen molar-refractivity contribution in [3.63, 3.8) is 0 Å². The third-order valence-electron chi connectivity index (χ3n) is 1.61. The molecule has 0 aliphatic carbocycles. The highest BCUT2D eigenvalue weighted by molar-refractivity contribution is 9.10. The lowest BCUT2D eigenvalue weighted by Crippen LogP contribution is -2.28. The van der Waals surface area contributed by atoms with Crippen LogP contribution >= 0.6 is 15.9 Å². The quantitative estimate of drug-likeness (QED) is 0.807. The van der Waals surface area contributed by atoms with E-state index in [1.165, 1.54) is 18.2 Å². The molecule has 70 valence electrons. The Bertz CT molecular complexity index is 603. The molecule has 1 nitrogen and oxygen atoms in total. The molecule has 1 fully saturated rings. The summed E-state index contributed by atoms with van der Waals surface area (Å²) >= 11 is 3.16. The van der Waals surface area contributed by atoms with Gasteiger partial charge in [-0.3, -0.25) is 0 Å². The van der Waals surface area contributed by atoms with Gasteiger partial charge in [0.05, 0.1) is 0 Å². The zero-order valence-electron chi connectivity index (χ0n) is 15.7. The molecule has 1 unspecified atom stereocenters. The predicted molar refractivity (Wildman–Crippen MR) is 59.0 cm³/mol. The van der Waals surface area contributed by atoms with Crippen molar-refractivity contribution in [2.24, 2.45) is 0 Å². The maximum Gasteiger partial charge on any atom is 0.0434 e. The second-order valence-corrected chi connectivity index (χ2v) is 3.43. The van der Waals surface area contributed by atoms with Crippen LogP contribution in [0, 0.1) is 0 Å². The minimum absolute atomic E-state index is 0.0937. The number of piperidine rings is 1. The van der Waals surface area contributed by atoms with Crippen LogP contribution in [0.1, 0.15) is 36.5 Å². The van der Waals surface area contributed by atoms with E-state index in [9.17, 15) is 0 Å². The van der Waals surface area contributed by atoms with Crippen LogP contribution in [-0.4, -0.2) is 13.0 Å². The molecule has 1 aliphatic rings. The second kappa shape index (κ2) is 4.25. The number of halogens is 1. The maximum atomic E-state index is 8.46. The van der Waals surface area contributed by atoms with Crippen molar-refractivity contribution < 1.29 is 12.3 Å². The Hall–Kier alpha value is -0.340. The Balaban J connectivity index is 2.77. The van der Waals surface area contributed by atoms with Crippen LogP contribution in [0.5, 0.6) is 0 Å². The molecule has 0 aromatic heterocycles. The number of rotatable bonds is 1. The normalized spacial score (nSPS) is 54.4. The molecule has 0 saturated carbocycles. The van der Waals surface area contributed by atoms with Crippen LogP contribution in [-0.2, 0) is 0 Å². The van der Waals surface area contributed by atoms with E-state index in [1.54, 1.807) is 6.07 Å². The summed E-state index contributed by atoms with van der Waals surface area (Å²) in [4.78, 5) is 0. The van der Waals surface area contributed by atoms with E-state index in [-0.39, 0.29) is 5.56 Å². The van der Waals surface area contributed by atoms with Gasteiger partial charge in [-0.2, -0.15) is 0 Å². The number of hydrogen-bond acceptors (Lipinski definition) is 1. The lowest BCUT2D eigenvalue weighted by Gasteiger charge is -2.23. The molecule has 0 bridgehead atoms. The van der Waals surface area contributed by atoms with Crippen LogP contribution < -0.4 is 5.32 Å². The molecule has 13 heavy (non-hydrogen) atoms. The van der Waals surface area contributed by atoms with Gasteiger partial charge in [-0.15, -0.1) is 0 Å². The van der Waals surface area contributed by atoms with E-state index in [0.717, 1.165) is 0 Å². The van der Waals surface area contributed by atoms with Gasteiger partial charge in [0.1, 0.15) is 0 Å². The number of nitrogens with one attached hydrogen (secondary N) is 1. The van der Waals surface area contributed by atoms with E-state index in [1.807, 2.05) is 5.32 Å². The molecule has 2 heteroatoms. The van der Waals surface area contributed by atoms with E-state index < -0.39 is 31.6 Å². The maximum absolute atomic E-state index is 8.46. The third-order valence-corrected chi connectivity index (χ3v) is 2.11. The highest BCUT2D eigenvalue weighted by Gasteiger charge is 2.14. The third kappa shape index (κ3) is 2.32. The van der Waals surface area contributed by atoms with Crippen molar-refractivity contribution in [3.8, 4) is 0 Å². The summed E-state index contributed by atoms with van der Waals surface area (Å²) in [6, 6.07) is 5.76. The molecule has 1 aromatic carbocycles. The SMILES string of the molecule is [2H]C1([2H])NC([2H])([2H])C([2H])(c2cccc(Br)c2)C([2H])([2H])C1([2H])[2H]. The van der Waals surface area contributed by atoms with Crippen LogP contribution in [0.2, 0.25) is 0 Å². The van der Waals surface area contributed by atoms with Crippen molar-refractivity contribution in [2.45, 2.75) is 18.6 Å². The van der Waals surface area contributed by atoms with Gasteiger partial charge in [0.15, 0.2) is 0 Å². The average Bonchev–Trinajstić information content (AvgIpc) is 2.34. The molecule has 1 heterocycles. The van der Waals surface area contributed by atoms with Crippen LogP contribution in [0.25, 0.3) is 0 Å². The Morgan fingerprint density at radius 2 is 2.54 bits per heavy atom. The fourth-order valence-electron chi connectivity index (χ4n) is 1.04. The zero-order valence-corrected chi connectivity index (χ0v) is 8.27. The summed E-state index contributed by atoms with van der Waals surface area (Å²) in [5.41, 5.74) is -0.0937. The molecule has 0 radical (unpaired) electrons. The Morgan fingerprint density at radius 1 is 1.62 bits per heavy atom. The summed E-state index contributed by atoms with van der Waals surface area (Å²) in [5, 5.41) is 1.84. The van der Waals surface area contributed by atoms with Crippen LogP contribution in [0.4, 0.5) is 0 Å². The van der Waals surface area contributed by atoms with Crippen LogP contribution in [0.3, 0.4) is 0 Å². The molecular weight excluding hydrogens is 226 g/mol. The van der Waals surface area contributed by atoms with Crippen molar-refractivity contribution >= 4 is 15.9 Å². The van der Waals surface area contributed by atoms with Gasteiger partial charge in [0.2, 0.25) is 0 Å². The molecular formula is C11H14BrN. The first-order valence-corrected chi connectivity index (χ1v) is 4.55. The molecule has 0 amide bonds. The van der Waals surface area contributed by atoms with Gasteiger partial charge in [0, 0.05) is 23.3 Å². The number of benzene rings is 1. The van der Waals surface area contributed by atoms with Crippen molar-refractivity contribution in [1.82, 2.24) is 5.32 Å². The first-order valence-electron chi connectivity index (χ1n) is 8.26. The standard InChI is InChI=1S/C11H14BrN/c12-11-5-1-3-9(7-11)10-4-2-6-13-8-10/h1,3,5,7,10,13H,2,4,6,8H2/i2D2,4D2,6D2,8D2,10D. The van der Waals surface area contributed by atoms with E-state index >= 15 is 0 Å². The fourth-order valence-corrected chi connectivity index (χ4v) is 1.44. The summed E-state index contributed by atoms with van der Waals surface area (Å²) in [6.07, 6.45) is -6.27. The molecule has 1 atom stereocenters. The summed E-state index contributed by atoms with van der Waals surface area (Å²) in [7, 11) is 0. The minimum Gasteiger partial charge on any atom is -0.316 e. The Morgan fingerprint density at radius 3 is 3.38 bits per heavy atom. The van der Waals surface area contributed by atoms with Gasteiger partial charge in [-0.05, 0) is 42.8 Å². The largest absolute Gasteiger partial charge is 0.316 e. The Labute approximate surface area is 100 Å². The smallest absolute Gasteiger partial charge is 0.0434 e. The van der Waals surface area contributed by atoms with Crippen LogP contribution in [0.15, 0.2) is 28.7 Å². The van der Waals surface area contributed by atoms with Gasteiger partial charge in [0.25, 0.3) is 0 Å². The van der Waals surface area contributed by atoms with E-state index in [0.29, 0.717) is 4.47 Å². The van der Waals surface area contributed by atoms with E-state index in [2.05, 4.69) is 15.9 Å². The monoisotopic (exact) mass is 248 g/mol. The average molecular weight is 249 g/mol. The van der Waals surface area contributed by atoms with Gasteiger partial charge in [-0.25, -0.2) is 0 Å². The molecule has 1 saturated heterocycles. The van der Waals surface area contributed by atoms with Crippen molar-refractivity contribution in [2.75, 3.05) is 13.0 Å². The first-order chi connectivity index (χ1) is 9.71. The minimum atomic E-state index is -3.14. The second-order valence-electron chi connectivity index (χ2n) is 2.51. The summed E-state index contributed by atoms with van der Waals surface area (Å²) in [5.74, 6) is -2.70. The highest BCUT2D eigenvalue weighted by Crippen LogP contribution is 2.25. The van der Waals surface area contributed by atoms with Crippen molar-refractivity contribution in [1.29, 1.82) is 0 Å². The molecule has 1 aliphatic heterocycles.